The van der Waals surface area contributed by atoms with Crippen LogP contribution in [-0.2, 0) is 14.3 Å². The van der Waals surface area contributed by atoms with Crippen LogP contribution in [0.1, 0.15) is 316 Å². The van der Waals surface area contributed by atoms with Crippen molar-refractivity contribution < 1.29 is 24.5 Å². The van der Waals surface area contributed by atoms with Crippen LogP contribution in [0, 0.1) is 0 Å². The number of allylic oxidation sites excluding steroid dienone is 4. The summed E-state index contributed by atoms with van der Waals surface area (Å²) in [7, 11) is 0. The second-order valence-electron chi connectivity index (χ2n) is 20.0. The Morgan fingerprint density at radius 1 is 0.415 bits per heavy atom. The molecular formula is C59H113NO5. The van der Waals surface area contributed by atoms with Crippen molar-refractivity contribution >= 4 is 11.9 Å². The van der Waals surface area contributed by atoms with E-state index in [1.54, 1.807) is 0 Å². The number of hydrogen-bond donors (Lipinski definition) is 3. The highest BCUT2D eigenvalue weighted by Crippen LogP contribution is 2.17. The lowest BCUT2D eigenvalue weighted by atomic mass is 10.0. The first-order valence-corrected chi connectivity index (χ1v) is 29.1. The maximum absolute atomic E-state index is 12.4. The lowest BCUT2D eigenvalue weighted by molar-refractivity contribution is -0.143. The van der Waals surface area contributed by atoms with Gasteiger partial charge in [0.2, 0.25) is 5.91 Å². The number of aliphatic hydroxyl groups excluding tert-OH is 2. The van der Waals surface area contributed by atoms with Gasteiger partial charge in [-0.25, -0.2) is 0 Å². The molecule has 0 saturated carbocycles. The Kier molecular flexibility index (Phi) is 53.5. The summed E-state index contributed by atoms with van der Waals surface area (Å²) in [6.07, 6.45) is 66.0. The van der Waals surface area contributed by atoms with Crippen molar-refractivity contribution in [3.8, 4) is 0 Å². The van der Waals surface area contributed by atoms with Gasteiger partial charge in [-0.3, -0.25) is 9.59 Å². The summed E-state index contributed by atoms with van der Waals surface area (Å²) >= 11 is 0. The first-order chi connectivity index (χ1) is 32.0. The topological polar surface area (TPSA) is 95.9 Å². The van der Waals surface area contributed by atoms with E-state index in [0.29, 0.717) is 25.9 Å². The highest BCUT2D eigenvalue weighted by atomic mass is 16.5. The minimum absolute atomic E-state index is 0.000183. The highest BCUT2D eigenvalue weighted by molar-refractivity contribution is 5.76. The molecule has 0 radical (unpaired) electrons. The van der Waals surface area contributed by atoms with Crippen molar-refractivity contribution in [2.75, 3.05) is 13.2 Å². The summed E-state index contributed by atoms with van der Waals surface area (Å²) in [5.74, 6) is -0.0492. The number of ether oxygens (including phenoxy) is 1. The third-order valence-corrected chi connectivity index (χ3v) is 13.5. The molecular weight excluding hydrogens is 803 g/mol. The molecule has 0 rings (SSSR count). The van der Waals surface area contributed by atoms with E-state index >= 15 is 0 Å². The zero-order valence-electron chi connectivity index (χ0n) is 43.7. The van der Waals surface area contributed by atoms with E-state index in [4.69, 9.17) is 4.74 Å². The molecule has 0 fully saturated rings. The molecule has 1 amide bonds. The minimum Gasteiger partial charge on any atom is -0.466 e. The molecule has 0 aliphatic heterocycles. The van der Waals surface area contributed by atoms with Gasteiger partial charge in [0.25, 0.3) is 0 Å². The van der Waals surface area contributed by atoms with E-state index in [2.05, 4.69) is 43.5 Å². The monoisotopic (exact) mass is 916 g/mol. The van der Waals surface area contributed by atoms with Crippen molar-refractivity contribution in [3.05, 3.63) is 24.3 Å². The number of esters is 1. The maximum atomic E-state index is 12.4. The van der Waals surface area contributed by atoms with Crippen LogP contribution in [0.15, 0.2) is 24.3 Å². The van der Waals surface area contributed by atoms with Gasteiger partial charge in [-0.15, -0.1) is 0 Å². The Hall–Kier alpha value is -1.66. The number of nitrogens with one attached hydrogen (secondary N) is 1. The van der Waals surface area contributed by atoms with Crippen LogP contribution in [0.3, 0.4) is 0 Å². The van der Waals surface area contributed by atoms with Gasteiger partial charge < -0.3 is 20.3 Å². The maximum Gasteiger partial charge on any atom is 0.305 e. The average Bonchev–Trinajstić information content (AvgIpc) is 3.31. The van der Waals surface area contributed by atoms with Crippen LogP contribution < -0.4 is 5.32 Å². The molecule has 0 aromatic carbocycles. The summed E-state index contributed by atoms with van der Waals surface area (Å²) in [6.45, 7) is 4.94. The van der Waals surface area contributed by atoms with E-state index in [0.717, 1.165) is 57.8 Å². The quantitative estimate of drug-likeness (QED) is 0.0321. The van der Waals surface area contributed by atoms with Gasteiger partial charge in [0.1, 0.15) is 0 Å². The Labute approximate surface area is 405 Å². The fourth-order valence-electron chi connectivity index (χ4n) is 8.98. The van der Waals surface area contributed by atoms with Crippen LogP contribution in [-0.4, -0.2) is 47.4 Å². The van der Waals surface area contributed by atoms with Gasteiger partial charge in [0.15, 0.2) is 0 Å². The van der Waals surface area contributed by atoms with Crippen LogP contribution in [0.25, 0.3) is 0 Å². The standard InChI is InChI=1S/C59H113NO5/c1-3-5-7-9-11-13-15-17-18-19-23-26-29-33-37-41-45-49-53-59(64)65-54-50-46-42-38-34-30-27-24-21-20-22-25-28-32-36-40-44-48-52-58(63)60-56(55-61)57(62)51-47-43-39-35-31-16-14-12-10-8-6-4-2/h18-19,22,25,56-57,61-62H,3-17,20-21,23-24,26-55H2,1-2H3,(H,60,63)/b19-18-,25-22-. The van der Waals surface area contributed by atoms with Gasteiger partial charge in [0.05, 0.1) is 25.4 Å². The summed E-state index contributed by atoms with van der Waals surface area (Å²) in [5.41, 5.74) is 0. The molecule has 65 heavy (non-hydrogen) atoms. The highest BCUT2D eigenvalue weighted by Gasteiger charge is 2.20. The molecule has 0 aromatic heterocycles. The van der Waals surface area contributed by atoms with Crippen molar-refractivity contribution in [1.29, 1.82) is 0 Å². The SMILES string of the molecule is CCCCCCCCC/C=C\CCCCCCCCCC(=O)OCCCCCCCCCCC/C=C\CCCCCCCC(=O)NC(CO)C(O)CCCCCCCCCCCCCC. The predicted molar refractivity (Wildman–Crippen MR) is 283 cm³/mol. The average molecular weight is 917 g/mol. The van der Waals surface area contributed by atoms with Gasteiger partial charge >= 0.3 is 5.97 Å². The fraction of sp³-hybridized carbons (Fsp3) is 0.898. The Morgan fingerprint density at radius 2 is 0.723 bits per heavy atom. The van der Waals surface area contributed by atoms with Gasteiger partial charge in [-0.05, 0) is 77.0 Å². The lowest BCUT2D eigenvalue weighted by Crippen LogP contribution is -2.45. The summed E-state index contributed by atoms with van der Waals surface area (Å²) < 4.78 is 5.48. The Balaban J connectivity index is 3.42. The molecule has 6 nitrogen and oxygen atoms in total. The fourth-order valence-corrected chi connectivity index (χ4v) is 8.98. The van der Waals surface area contributed by atoms with Crippen molar-refractivity contribution in [2.45, 2.75) is 328 Å². The molecule has 6 heteroatoms. The second kappa shape index (κ2) is 54.9. The van der Waals surface area contributed by atoms with Crippen LogP contribution >= 0.6 is 0 Å². The van der Waals surface area contributed by atoms with Crippen LogP contribution in [0.2, 0.25) is 0 Å². The molecule has 0 spiro atoms. The smallest absolute Gasteiger partial charge is 0.305 e. The number of rotatable bonds is 54. The molecule has 2 atom stereocenters. The number of unbranched alkanes of at least 4 members (excludes halogenated alkanes) is 39. The third-order valence-electron chi connectivity index (χ3n) is 13.5. The Bertz CT molecular complexity index is 1010. The molecule has 0 aliphatic rings. The predicted octanol–water partition coefficient (Wildman–Crippen LogP) is 17.9. The number of aliphatic hydroxyl groups is 2. The van der Waals surface area contributed by atoms with E-state index in [1.807, 2.05) is 0 Å². The third kappa shape index (κ3) is 51.6. The van der Waals surface area contributed by atoms with Crippen molar-refractivity contribution in [1.82, 2.24) is 5.32 Å². The summed E-state index contributed by atoms with van der Waals surface area (Å²) in [6, 6.07) is -0.550. The van der Waals surface area contributed by atoms with Gasteiger partial charge in [-0.1, -0.05) is 250 Å². The molecule has 0 heterocycles. The molecule has 0 saturated heterocycles. The molecule has 0 aliphatic carbocycles. The number of amides is 1. The molecule has 384 valence electrons. The van der Waals surface area contributed by atoms with Gasteiger partial charge in [0, 0.05) is 12.8 Å². The Morgan fingerprint density at radius 3 is 1.09 bits per heavy atom. The summed E-state index contributed by atoms with van der Waals surface area (Å²) in [4.78, 5) is 24.5. The van der Waals surface area contributed by atoms with E-state index in [9.17, 15) is 19.8 Å². The number of carbonyl (C=O) groups is 2. The number of carbonyl (C=O) groups excluding carboxylic acids is 2. The first kappa shape index (κ1) is 63.3. The van der Waals surface area contributed by atoms with E-state index in [-0.39, 0.29) is 18.5 Å². The van der Waals surface area contributed by atoms with E-state index < -0.39 is 12.1 Å². The van der Waals surface area contributed by atoms with Crippen LogP contribution in [0.5, 0.6) is 0 Å². The van der Waals surface area contributed by atoms with Crippen molar-refractivity contribution in [3.63, 3.8) is 0 Å². The number of hydrogen-bond acceptors (Lipinski definition) is 5. The summed E-state index contributed by atoms with van der Waals surface area (Å²) in [5, 5.41) is 23.2. The normalized spacial score (nSPS) is 12.7. The second-order valence-corrected chi connectivity index (χ2v) is 20.0. The molecule has 2 unspecified atom stereocenters. The molecule has 0 bridgehead atoms. The van der Waals surface area contributed by atoms with Gasteiger partial charge in [-0.2, -0.15) is 0 Å². The minimum atomic E-state index is -0.672. The zero-order valence-corrected chi connectivity index (χ0v) is 43.7. The van der Waals surface area contributed by atoms with E-state index in [1.165, 1.54) is 225 Å². The first-order valence-electron chi connectivity index (χ1n) is 29.1. The molecule has 0 aromatic rings. The van der Waals surface area contributed by atoms with Crippen molar-refractivity contribution in [2.24, 2.45) is 0 Å². The largest absolute Gasteiger partial charge is 0.466 e. The lowest BCUT2D eigenvalue weighted by Gasteiger charge is -2.22. The molecule has 3 N–H and O–H groups in total. The zero-order chi connectivity index (χ0) is 47.2. The van der Waals surface area contributed by atoms with Crippen LogP contribution in [0.4, 0.5) is 0 Å².